The number of esters is 1. The minimum absolute atomic E-state index is 0.0126. The predicted octanol–water partition coefficient (Wildman–Crippen LogP) is 5.22. The van der Waals surface area contributed by atoms with Crippen LogP contribution in [-0.2, 0) is 55.0 Å². The number of pyridine rings is 1. The van der Waals surface area contributed by atoms with Crippen LogP contribution in [0.3, 0.4) is 0 Å². The second kappa shape index (κ2) is 16.6. The number of hydrazine groups is 1. The van der Waals surface area contributed by atoms with Gasteiger partial charge in [0.05, 0.1) is 18.6 Å². The number of nitrogens with zero attached hydrogens (tertiary/aromatic N) is 4. The van der Waals surface area contributed by atoms with Crippen LogP contribution >= 0.6 is 0 Å². The van der Waals surface area contributed by atoms with Gasteiger partial charge in [0, 0.05) is 60.8 Å². The number of likely N-dealkylation sites (N-methyl/N-ethyl adjacent to an activating group) is 1. The number of fused-ring (bicyclic) bond motifs is 6. The molecule has 2 aliphatic rings. The van der Waals surface area contributed by atoms with E-state index in [0.717, 1.165) is 55.8 Å². The number of aromatic hydroxyl groups is 1. The molecule has 3 N–H and O–H groups in total. The molecule has 306 valence electrons. The maximum absolute atomic E-state index is 14.4. The van der Waals surface area contributed by atoms with Gasteiger partial charge in [0.15, 0.2) is 0 Å². The molecule has 4 heterocycles. The van der Waals surface area contributed by atoms with Crippen LogP contribution in [0.2, 0.25) is 0 Å². The summed E-state index contributed by atoms with van der Waals surface area (Å²) in [5.41, 5.74) is 10.2. The first kappa shape index (κ1) is 41.8. The molecule has 6 rings (SSSR count). The van der Waals surface area contributed by atoms with Crippen molar-refractivity contribution in [3.8, 4) is 28.1 Å². The average Bonchev–Trinajstić information content (AvgIpc) is 3.46. The van der Waals surface area contributed by atoms with Crippen LogP contribution in [-0.4, -0.2) is 94.8 Å². The largest absolute Gasteiger partial charge is 0.508 e. The van der Waals surface area contributed by atoms with E-state index in [0.29, 0.717) is 31.4 Å². The Morgan fingerprint density at radius 3 is 2.56 bits per heavy atom. The van der Waals surface area contributed by atoms with Gasteiger partial charge in [0.25, 0.3) is 5.91 Å². The molecule has 0 aliphatic carbocycles. The quantitative estimate of drug-likeness (QED) is 0.203. The summed E-state index contributed by atoms with van der Waals surface area (Å²) < 4.78 is 34.5. The van der Waals surface area contributed by atoms with Gasteiger partial charge < -0.3 is 19.7 Å². The first-order valence-electron chi connectivity index (χ1n) is 19.8. The van der Waals surface area contributed by atoms with Crippen molar-refractivity contribution in [2.24, 2.45) is 11.3 Å². The van der Waals surface area contributed by atoms with Gasteiger partial charge >= 0.3 is 5.97 Å². The first-order valence-corrected chi connectivity index (χ1v) is 21.7. The molecule has 1 saturated heterocycles. The van der Waals surface area contributed by atoms with Gasteiger partial charge in [-0.3, -0.25) is 24.4 Å². The molecule has 6 bridgehead atoms. The SMILES string of the molecule is CCc1ccncc1-c1c2c3cc(ccc3n1CC)-c1cc(O)cc(c1)C[C@H](NC(=O)[C@H](C(C)C)N(C)S(C)(=O)=O)C(=O)N1CCC[C@H](N1)C(=O)OCC(C)(C)C2. The Labute approximate surface area is 335 Å². The Bertz CT molecular complexity index is 2280. The summed E-state index contributed by atoms with van der Waals surface area (Å²) in [6.45, 7) is 13.0. The molecule has 2 aromatic heterocycles. The third kappa shape index (κ3) is 8.87. The van der Waals surface area contributed by atoms with Crippen molar-refractivity contribution < 1.29 is 32.6 Å². The zero-order valence-electron chi connectivity index (χ0n) is 34.3. The number of phenolic OH excluding ortho intramolecular Hbond substituents is 1. The van der Waals surface area contributed by atoms with E-state index in [1.54, 1.807) is 26.0 Å². The van der Waals surface area contributed by atoms with Crippen molar-refractivity contribution in [2.75, 3.05) is 26.5 Å². The third-order valence-electron chi connectivity index (χ3n) is 11.2. The number of sulfonamides is 1. The number of aryl methyl sites for hydroxylation is 2. The Morgan fingerprint density at radius 1 is 1.12 bits per heavy atom. The number of phenols is 1. The molecule has 0 spiro atoms. The lowest BCUT2D eigenvalue weighted by Gasteiger charge is -2.36. The van der Waals surface area contributed by atoms with Crippen molar-refractivity contribution in [1.82, 2.24) is 29.6 Å². The fraction of sp³-hybridized carbons (Fsp3) is 0.488. The third-order valence-corrected chi connectivity index (χ3v) is 12.5. The monoisotopic (exact) mass is 800 g/mol. The summed E-state index contributed by atoms with van der Waals surface area (Å²) in [5.74, 6) is -2.05. The van der Waals surface area contributed by atoms with Crippen LogP contribution in [0.1, 0.15) is 71.1 Å². The van der Waals surface area contributed by atoms with Crippen LogP contribution in [0.15, 0.2) is 54.9 Å². The zero-order valence-corrected chi connectivity index (χ0v) is 35.1. The normalized spacial score (nSPS) is 19.7. The van der Waals surface area contributed by atoms with Crippen molar-refractivity contribution in [2.45, 2.75) is 98.3 Å². The predicted molar refractivity (Wildman–Crippen MR) is 221 cm³/mol. The number of carbonyl (C=O) groups is 3. The summed E-state index contributed by atoms with van der Waals surface area (Å²) in [4.78, 5) is 46.6. The topological polar surface area (TPSA) is 163 Å². The number of aromatic nitrogens is 2. The number of nitrogens with one attached hydrogen (secondary N) is 2. The van der Waals surface area contributed by atoms with Crippen LogP contribution < -0.4 is 10.7 Å². The maximum Gasteiger partial charge on any atom is 0.324 e. The number of benzene rings is 2. The number of hydrogen-bond donors (Lipinski definition) is 3. The number of amides is 2. The van der Waals surface area contributed by atoms with E-state index >= 15 is 0 Å². The number of hydrogen-bond acceptors (Lipinski definition) is 9. The lowest BCUT2D eigenvalue weighted by Crippen LogP contribution is -2.62. The molecule has 0 saturated carbocycles. The van der Waals surface area contributed by atoms with Gasteiger partial charge in [-0.15, -0.1) is 0 Å². The summed E-state index contributed by atoms with van der Waals surface area (Å²) in [7, 11) is -2.42. The molecule has 0 unspecified atom stereocenters. The van der Waals surface area contributed by atoms with Crippen LogP contribution in [0.25, 0.3) is 33.3 Å². The van der Waals surface area contributed by atoms with E-state index in [1.807, 2.05) is 24.5 Å². The molecular weight excluding hydrogens is 745 g/mol. The number of carbonyl (C=O) groups excluding carboxylic acids is 3. The van der Waals surface area contributed by atoms with E-state index in [4.69, 9.17) is 4.74 Å². The Morgan fingerprint density at radius 2 is 1.88 bits per heavy atom. The molecular formula is C43H56N6O7S. The molecule has 0 radical (unpaired) electrons. The van der Waals surface area contributed by atoms with E-state index in [-0.39, 0.29) is 25.3 Å². The summed E-state index contributed by atoms with van der Waals surface area (Å²) in [6.07, 6.45) is 7.12. The Hall–Kier alpha value is -4.79. The number of ether oxygens (including phenoxy) is 1. The summed E-state index contributed by atoms with van der Waals surface area (Å²) in [6, 6.07) is 10.4. The van der Waals surface area contributed by atoms with Gasteiger partial charge in [-0.1, -0.05) is 46.8 Å². The summed E-state index contributed by atoms with van der Waals surface area (Å²) >= 11 is 0. The van der Waals surface area contributed by atoms with Crippen LogP contribution in [0.4, 0.5) is 0 Å². The molecule has 3 atom stereocenters. The molecule has 13 nitrogen and oxygen atoms in total. The van der Waals surface area contributed by atoms with E-state index in [1.165, 1.54) is 17.6 Å². The van der Waals surface area contributed by atoms with Gasteiger partial charge in [0.1, 0.15) is 23.9 Å². The van der Waals surface area contributed by atoms with Crippen molar-refractivity contribution >= 4 is 38.7 Å². The van der Waals surface area contributed by atoms with Gasteiger partial charge in [-0.2, -0.15) is 4.31 Å². The van der Waals surface area contributed by atoms with Gasteiger partial charge in [0.2, 0.25) is 15.9 Å². The fourth-order valence-electron chi connectivity index (χ4n) is 8.31. The smallest absolute Gasteiger partial charge is 0.324 e. The van der Waals surface area contributed by atoms with Gasteiger partial charge in [-0.25, -0.2) is 13.8 Å². The zero-order chi connectivity index (χ0) is 41.4. The highest BCUT2D eigenvalue weighted by molar-refractivity contribution is 7.88. The van der Waals surface area contributed by atoms with Crippen LogP contribution in [0.5, 0.6) is 5.75 Å². The van der Waals surface area contributed by atoms with E-state index < -0.39 is 57.3 Å². The number of cyclic esters (lactones) is 1. The second-order valence-electron chi connectivity index (χ2n) is 16.6. The molecule has 2 amide bonds. The van der Waals surface area contributed by atoms with Gasteiger partial charge in [-0.05, 0) is 96.7 Å². The molecule has 2 aromatic carbocycles. The molecule has 14 heteroatoms. The van der Waals surface area contributed by atoms with Crippen molar-refractivity contribution in [3.63, 3.8) is 0 Å². The van der Waals surface area contributed by atoms with E-state index in [2.05, 4.69) is 66.2 Å². The highest BCUT2D eigenvalue weighted by Gasteiger charge is 2.38. The molecule has 57 heavy (non-hydrogen) atoms. The minimum atomic E-state index is -3.76. The van der Waals surface area contributed by atoms with Crippen LogP contribution in [0, 0.1) is 11.3 Å². The number of rotatable bonds is 8. The Balaban J connectivity index is 1.52. The fourth-order valence-corrected chi connectivity index (χ4v) is 9.06. The Kier molecular flexibility index (Phi) is 12.2. The summed E-state index contributed by atoms with van der Waals surface area (Å²) in [5, 5.41) is 16.4. The average molecular weight is 801 g/mol. The molecule has 2 aliphatic heterocycles. The van der Waals surface area contributed by atoms with Crippen molar-refractivity contribution in [3.05, 3.63) is 71.5 Å². The minimum Gasteiger partial charge on any atom is -0.508 e. The molecule has 1 fully saturated rings. The lowest BCUT2D eigenvalue weighted by molar-refractivity contribution is -0.155. The molecule has 4 aromatic rings. The highest BCUT2D eigenvalue weighted by Crippen LogP contribution is 2.41. The van der Waals surface area contributed by atoms with Crippen molar-refractivity contribution in [1.29, 1.82) is 0 Å². The lowest BCUT2D eigenvalue weighted by atomic mass is 9.84. The second-order valence-corrected chi connectivity index (χ2v) is 18.6. The highest BCUT2D eigenvalue weighted by atomic mass is 32.2. The standard InChI is InChI=1S/C43H56N6O7S/c1-9-28-15-16-44-24-34(28)39-33-23-43(5,6)25-56-42(53)35-12-11-17-49(46-35)41(52)36(45-40(51)38(26(3)4)47(7)57(8,54)55)20-27-18-30(21-31(50)19-27)29-13-14-37(32(33)22-29)48(39)10-2/h13-16,18-19,21-22,24,26,35-36,38,46,50H,9-12,17,20,23,25H2,1-8H3,(H,45,51)/t35-,36-,38-/m0/s1. The van der Waals surface area contributed by atoms with E-state index in [9.17, 15) is 27.9 Å². The maximum atomic E-state index is 14.4. The first-order chi connectivity index (χ1) is 26.9.